The molecule has 12 heteroatoms. The Labute approximate surface area is 388 Å². The lowest BCUT2D eigenvalue weighted by Crippen LogP contribution is -2.42. The first-order valence-electron chi connectivity index (χ1n) is 24.4. The highest BCUT2D eigenvalue weighted by atomic mass is 16.7. The lowest BCUT2D eigenvalue weighted by Gasteiger charge is -2.27. The lowest BCUT2D eigenvalue weighted by atomic mass is 9.85. The zero-order valence-corrected chi connectivity index (χ0v) is 41.5. The second-order valence-electron chi connectivity index (χ2n) is 19.5. The van der Waals surface area contributed by atoms with Crippen LogP contribution in [0.15, 0.2) is 24.3 Å². The number of esters is 1. The number of unbranched alkanes of at least 4 members (excludes halogenated alkanes) is 6. The van der Waals surface area contributed by atoms with Crippen LogP contribution in [0.1, 0.15) is 220 Å². The molecule has 0 aliphatic carbocycles. The first-order chi connectivity index (χ1) is 30.6. The number of aromatic carboxylic acids is 1. The molecule has 1 aliphatic rings. The minimum absolute atomic E-state index is 0.00409. The van der Waals surface area contributed by atoms with Crippen molar-refractivity contribution in [3.63, 3.8) is 0 Å². The molecule has 0 spiro atoms. The zero-order valence-electron chi connectivity index (χ0n) is 41.5. The summed E-state index contributed by atoms with van der Waals surface area (Å²) in [7, 11) is 0. The molecule has 1 N–H and O–H groups in total. The number of carboxylic acid groups (broad SMARTS) is 1. The third-order valence-electron chi connectivity index (χ3n) is 13.1. The van der Waals surface area contributed by atoms with Crippen molar-refractivity contribution < 1.29 is 57.6 Å². The molecule has 3 unspecified atom stereocenters. The SMILES string of the molecule is CCCCC(CC)COC(C)(C)C(=O)CCCCCOC(C)(C)C(=O)c1ccc2c3c(ccc(C(=O)O)c13)C(=O)C(C)(OCCCCCC(=O)C(C)(C)OCC(CC)CCCC)OC2=O. The van der Waals surface area contributed by atoms with Gasteiger partial charge in [-0.1, -0.05) is 79.1 Å². The zero-order chi connectivity index (χ0) is 48.6. The molecule has 364 valence electrons. The van der Waals surface area contributed by atoms with Crippen LogP contribution >= 0.6 is 0 Å². The van der Waals surface area contributed by atoms with Crippen molar-refractivity contribution in [3.05, 3.63) is 46.5 Å². The van der Waals surface area contributed by atoms with Gasteiger partial charge in [-0.3, -0.25) is 19.2 Å². The summed E-state index contributed by atoms with van der Waals surface area (Å²) in [5.74, 6) is -4.60. The van der Waals surface area contributed by atoms with E-state index in [2.05, 4.69) is 27.7 Å². The summed E-state index contributed by atoms with van der Waals surface area (Å²) in [6.07, 6.45) is 13.0. The van der Waals surface area contributed by atoms with Gasteiger partial charge in [-0.25, -0.2) is 9.59 Å². The van der Waals surface area contributed by atoms with E-state index in [-0.39, 0.29) is 57.8 Å². The van der Waals surface area contributed by atoms with Gasteiger partial charge in [0.05, 0.1) is 30.9 Å². The molecule has 65 heavy (non-hydrogen) atoms. The number of benzene rings is 2. The molecule has 3 rings (SSSR count). The maximum atomic E-state index is 14.3. The van der Waals surface area contributed by atoms with Crippen molar-refractivity contribution in [3.8, 4) is 0 Å². The van der Waals surface area contributed by atoms with Gasteiger partial charge in [0.15, 0.2) is 17.3 Å². The second-order valence-corrected chi connectivity index (χ2v) is 19.5. The van der Waals surface area contributed by atoms with Crippen molar-refractivity contribution in [2.45, 2.75) is 201 Å². The number of ether oxygens (including phenoxy) is 5. The molecular formula is C53H80O12. The molecular weight excluding hydrogens is 829 g/mol. The van der Waals surface area contributed by atoms with Crippen molar-refractivity contribution >= 4 is 45.8 Å². The summed E-state index contributed by atoms with van der Waals surface area (Å²) < 4.78 is 30.0. The molecule has 1 aliphatic heterocycles. The maximum Gasteiger partial charge on any atom is 0.341 e. The molecule has 0 radical (unpaired) electrons. The number of carbonyl (C=O) groups is 6. The predicted octanol–water partition coefficient (Wildman–Crippen LogP) is 11.9. The normalized spacial score (nSPS) is 16.6. The van der Waals surface area contributed by atoms with Crippen LogP contribution < -0.4 is 0 Å². The molecule has 1 heterocycles. The van der Waals surface area contributed by atoms with Crippen LogP contribution in [0.2, 0.25) is 0 Å². The Morgan fingerprint density at radius 2 is 1.11 bits per heavy atom. The highest BCUT2D eigenvalue weighted by Crippen LogP contribution is 2.38. The topological polar surface area (TPSA) is 169 Å². The Balaban J connectivity index is 1.65. The van der Waals surface area contributed by atoms with Gasteiger partial charge in [-0.05, 0) is 116 Å². The minimum Gasteiger partial charge on any atom is -0.478 e. The van der Waals surface area contributed by atoms with Crippen molar-refractivity contribution in [1.29, 1.82) is 0 Å². The number of carbonyl (C=O) groups excluding carboxylic acids is 5. The van der Waals surface area contributed by atoms with E-state index in [1.807, 2.05) is 27.7 Å². The van der Waals surface area contributed by atoms with Crippen molar-refractivity contribution in [2.75, 3.05) is 26.4 Å². The summed E-state index contributed by atoms with van der Waals surface area (Å²) >= 11 is 0. The summed E-state index contributed by atoms with van der Waals surface area (Å²) in [5.41, 5.74) is -3.54. The van der Waals surface area contributed by atoms with Gasteiger partial charge in [-0.2, -0.15) is 0 Å². The second kappa shape index (κ2) is 25.3. The number of cyclic esters (lactones) is 1. The molecule has 3 atom stereocenters. The fourth-order valence-electron chi connectivity index (χ4n) is 8.16. The smallest absolute Gasteiger partial charge is 0.341 e. The summed E-state index contributed by atoms with van der Waals surface area (Å²) in [6.45, 7) is 21.8. The average Bonchev–Trinajstić information content (AvgIpc) is 3.34. The Morgan fingerprint density at radius 1 is 0.615 bits per heavy atom. The van der Waals surface area contributed by atoms with Gasteiger partial charge in [-0.15, -0.1) is 0 Å². The van der Waals surface area contributed by atoms with Gasteiger partial charge in [0.25, 0.3) is 5.79 Å². The highest BCUT2D eigenvalue weighted by molar-refractivity contribution is 6.26. The van der Waals surface area contributed by atoms with Crippen LogP contribution in [0.25, 0.3) is 10.8 Å². The third kappa shape index (κ3) is 15.3. The molecule has 0 saturated carbocycles. The fourth-order valence-corrected chi connectivity index (χ4v) is 8.16. The van der Waals surface area contributed by atoms with Gasteiger partial charge < -0.3 is 28.8 Å². The van der Waals surface area contributed by atoms with Crippen LogP contribution in [0.5, 0.6) is 0 Å². The predicted molar refractivity (Wildman–Crippen MR) is 253 cm³/mol. The van der Waals surface area contributed by atoms with Crippen LogP contribution in [0, 0.1) is 11.8 Å². The highest BCUT2D eigenvalue weighted by Gasteiger charge is 2.45. The number of rotatable bonds is 33. The molecule has 12 nitrogen and oxygen atoms in total. The standard InChI is InChI=1S/C53H80O12/c1-12-16-24-36(14-3)34-63-50(5,6)42(54)26-20-18-22-32-61-52(9,10)46(56)38-29-31-41-45-39(28-30-40(44(38)45)48(58)59)47(57)53(11,65-49(41)60)62-33-23-19-21-27-43(55)51(7,8)64-35-37(15-4)25-17-13-2/h28-31,36-37H,12-27,32-35H2,1-11H3,(H,58,59). The van der Waals surface area contributed by atoms with E-state index in [9.17, 15) is 33.9 Å². The summed E-state index contributed by atoms with van der Waals surface area (Å²) in [5, 5.41) is 10.2. The molecule has 0 bridgehead atoms. The lowest BCUT2D eigenvalue weighted by molar-refractivity contribution is -0.158. The van der Waals surface area contributed by atoms with E-state index in [4.69, 9.17) is 23.7 Å². The first-order valence-corrected chi connectivity index (χ1v) is 24.4. The Hall–Kier alpha value is -3.84. The minimum atomic E-state index is -2.04. The molecule has 2 aromatic carbocycles. The number of hydrogen-bond acceptors (Lipinski definition) is 11. The van der Waals surface area contributed by atoms with Gasteiger partial charge >= 0.3 is 11.9 Å². The number of hydrogen-bond donors (Lipinski definition) is 1. The number of carboxylic acids is 1. The third-order valence-corrected chi connectivity index (χ3v) is 13.1. The monoisotopic (exact) mass is 909 g/mol. The van der Waals surface area contributed by atoms with Crippen LogP contribution in [0.3, 0.4) is 0 Å². The van der Waals surface area contributed by atoms with Crippen molar-refractivity contribution in [1.82, 2.24) is 0 Å². The average molecular weight is 909 g/mol. The molecule has 0 amide bonds. The molecule has 0 saturated heterocycles. The van der Waals surface area contributed by atoms with E-state index >= 15 is 0 Å². The van der Waals surface area contributed by atoms with E-state index in [1.54, 1.807) is 13.8 Å². The van der Waals surface area contributed by atoms with E-state index in [1.165, 1.54) is 31.2 Å². The largest absolute Gasteiger partial charge is 0.478 e. The van der Waals surface area contributed by atoms with Crippen LogP contribution in [-0.2, 0) is 33.3 Å². The number of ketones is 4. The van der Waals surface area contributed by atoms with Crippen LogP contribution in [0.4, 0.5) is 0 Å². The molecule has 2 aromatic rings. The quantitative estimate of drug-likeness (QED) is 0.0409. The maximum absolute atomic E-state index is 14.3. The Bertz CT molecular complexity index is 1940. The van der Waals surface area contributed by atoms with E-state index in [0.29, 0.717) is 76.4 Å². The summed E-state index contributed by atoms with van der Waals surface area (Å²) in [4.78, 5) is 81.0. The van der Waals surface area contributed by atoms with E-state index in [0.717, 1.165) is 51.4 Å². The first kappa shape index (κ1) is 55.5. The molecule has 0 aromatic heterocycles. The van der Waals surface area contributed by atoms with Gasteiger partial charge in [0.1, 0.15) is 16.8 Å². The Kier molecular flexibility index (Phi) is 21.6. The molecule has 0 fully saturated rings. The Morgan fingerprint density at radius 3 is 1.60 bits per heavy atom. The van der Waals surface area contributed by atoms with E-state index < -0.39 is 46.1 Å². The van der Waals surface area contributed by atoms with Crippen molar-refractivity contribution in [2.24, 2.45) is 11.8 Å². The van der Waals surface area contributed by atoms with Crippen LogP contribution in [-0.4, -0.2) is 89.2 Å². The van der Waals surface area contributed by atoms with Gasteiger partial charge in [0, 0.05) is 48.3 Å². The van der Waals surface area contributed by atoms with Gasteiger partial charge in [0.2, 0.25) is 5.78 Å². The summed E-state index contributed by atoms with van der Waals surface area (Å²) in [6, 6.07) is 5.32. The number of Topliss-reactive ketones (excluding diaryl/α,β-unsaturated/α-hetero) is 4. The fraction of sp³-hybridized carbons (Fsp3) is 0.698.